The van der Waals surface area contributed by atoms with Crippen LogP contribution >= 0.6 is 0 Å². The lowest BCUT2D eigenvalue weighted by Crippen LogP contribution is -2.52. The molecule has 19 heavy (non-hydrogen) atoms. The van der Waals surface area contributed by atoms with Gasteiger partial charge in [-0.05, 0) is 38.1 Å². The van der Waals surface area contributed by atoms with E-state index in [2.05, 4.69) is 17.6 Å². The summed E-state index contributed by atoms with van der Waals surface area (Å²) in [6.45, 7) is 3.54. The molecule has 2 aliphatic rings. The van der Waals surface area contributed by atoms with E-state index in [1.54, 1.807) is 0 Å². The van der Waals surface area contributed by atoms with E-state index in [1.165, 1.54) is 12.8 Å². The van der Waals surface area contributed by atoms with Crippen LogP contribution in [0.25, 0.3) is 0 Å². The third kappa shape index (κ3) is 4.18. The number of carbonyl (C=O) groups is 1. The molecule has 2 fully saturated rings. The average molecular weight is 268 g/mol. The molecule has 0 aromatic rings. The zero-order chi connectivity index (χ0) is 13.7. The van der Waals surface area contributed by atoms with Gasteiger partial charge in [-0.25, -0.2) is 0 Å². The fourth-order valence-corrected chi connectivity index (χ4v) is 3.33. The third-order valence-electron chi connectivity index (χ3n) is 4.78. The van der Waals surface area contributed by atoms with Gasteiger partial charge >= 0.3 is 0 Å². The van der Waals surface area contributed by atoms with E-state index in [4.69, 9.17) is 0 Å². The zero-order valence-electron chi connectivity index (χ0n) is 12.1. The molecule has 0 bridgehead atoms. The van der Waals surface area contributed by atoms with Gasteiger partial charge in [0, 0.05) is 6.54 Å². The lowest BCUT2D eigenvalue weighted by atomic mass is 9.84. The second kappa shape index (κ2) is 6.71. The molecule has 2 atom stereocenters. The summed E-state index contributed by atoms with van der Waals surface area (Å²) < 4.78 is 0. The number of carbonyl (C=O) groups excluding carboxylic acids is 1. The molecule has 2 unspecified atom stereocenters. The van der Waals surface area contributed by atoms with E-state index in [-0.39, 0.29) is 11.9 Å². The molecule has 3 N–H and O–H groups in total. The maximum atomic E-state index is 12.2. The highest BCUT2D eigenvalue weighted by molar-refractivity contribution is 5.81. The van der Waals surface area contributed by atoms with Gasteiger partial charge in [-0.15, -0.1) is 0 Å². The van der Waals surface area contributed by atoms with Crippen LogP contribution in [0.1, 0.15) is 58.3 Å². The summed E-state index contributed by atoms with van der Waals surface area (Å²) in [7, 11) is 0. The zero-order valence-corrected chi connectivity index (χ0v) is 12.1. The maximum absolute atomic E-state index is 12.2. The van der Waals surface area contributed by atoms with Gasteiger partial charge in [0.2, 0.25) is 5.91 Å². The second-order valence-corrected chi connectivity index (χ2v) is 6.31. The number of hydrogen-bond acceptors (Lipinski definition) is 3. The Morgan fingerprint density at radius 2 is 2.11 bits per heavy atom. The van der Waals surface area contributed by atoms with Crippen molar-refractivity contribution in [3.8, 4) is 0 Å². The van der Waals surface area contributed by atoms with Crippen molar-refractivity contribution in [2.24, 2.45) is 5.92 Å². The quantitative estimate of drug-likeness (QED) is 0.725. The van der Waals surface area contributed by atoms with Crippen LogP contribution in [0.4, 0.5) is 0 Å². The Labute approximate surface area is 116 Å². The van der Waals surface area contributed by atoms with Crippen molar-refractivity contribution in [2.45, 2.75) is 69.9 Å². The number of piperidine rings is 1. The fraction of sp³-hybridized carbons (Fsp3) is 0.933. The standard InChI is InChI=1S/C15H28N2O2/c1-2-12-6-9-16-13(10-12)14(18)17-11-15(19)7-4-3-5-8-15/h12-13,16,19H,2-11H2,1H3,(H,17,18). The van der Waals surface area contributed by atoms with Crippen LogP contribution in [0, 0.1) is 5.92 Å². The van der Waals surface area contributed by atoms with Gasteiger partial charge < -0.3 is 15.7 Å². The highest BCUT2D eigenvalue weighted by atomic mass is 16.3. The minimum Gasteiger partial charge on any atom is -0.388 e. The number of nitrogens with one attached hydrogen (secondary N) is 2. The molecule has 0 aromatic heterocycles. The van der Waals surface area contributed by atoms with E-state index in [1.807, 2.05) is 0 Å². The van der Waals surface area contributed by atoms with Crippen LogP contribution in [-0.4, -0.2) is 35.7 Å². The minimum absolute atomic E-state index is 0.0640. The molecule has 4 heteroatoms. The monoisotopic (exact) mass is 268 g/mol. The first kappa shape index (κ1) is 14.8. The van der Waals surface area contributed by atoms with Crippen molar-refractivity contribution < 1.29 is 9.90 Å². The van der Waals surface area contributed by atoms with Gasteiger partial charge in [0.15, 0.2) is 0 Å². The van der Waals surface area contributed by atoms with Crippen LogP contribution in [0.3, 0.4) is 0 Å². The molecule has 1 heterocycles. The molecule has 0 spiro atoms. The molecule has 1 saturated heterocycles. The smallest absolute Gasteiger partial charge is 0.237 e. The molecular formula is C15H28N2O2. The Balaban J connectivity index is 1.77. The number of rotatable bonds is 4. The molecule has 1 saturated carbocycles. The fourth-order valence-electron chi connectivity index (χ4n) is 3.33. The van der Waals surface area contributed by atoms with Gasteiger partial charge in [0.25, 0.3) is 0 Å². The Bertz CT molecular complexity index is 301. The lowest BCUT2D eigenvalue weighted by molar-refractivity contribution is -0.125. The normalized spacial score (nSPS) is 30.8. The van der Waals surface area contributed by atoms with E-state index >= 15 is 0 Å². The summed E-state index contributed by atoms with van der Waals surface area (Å²) in [5.74, 6) is 0.729. The third-order valence-corrected chi connectivity index (χ3v) is 4.78. The van der Waals surface area contributed by atoms with Crippen molar-refractivity contribution in [3.05, 3.63) is 0 Å². The number of aliphatic hydroxyl groups is 1. The van der Waals surface area contributed by atoms with Gasteiger partial charge in [-0.2, -0.15) is 0 Å². The van der Waals surface area contributed by atoms with Crippen LogP contribution in [0.2, 0.25) is 0 Å². The Kier molecular flexibility index (Phi) is 5.22. The van der Waals surface area contributed by atoms with Crippen molar-refractivity contribution >= 4 is 5.91 Å². The number of hydrogen-bond donors (Lipinski definition) is 3. The summed E-state index contributed by atoms with van der Waals surface area (Å²) in [6, 6.07) is -0.0640. The topological polar surface area (TPSA) is 61.4 Å². The van der Waals surface area contributed by atoms with Gasteiger partial charge in [0.05, 0.1) is 11.6 Å². The summed E-state index contributed by atoms with van der Waals surface area (Å²) in [6.07, 6.45) is 8.25. The van der Waals surface area contributed by atoms with Gasteiger partial charge in [-0.1, -0.05) is 32.6 Å². The predicted molar refractivity (Wildman–Crippen MR) is 75.9 cm³/mol. The van der Waals surface area contributed by atoms with E-state index < -0.39 is 5.60 Å². The second-order valence-electron chi connectivity index (χ2n) is 6.31. The molecule has 0 radical (unpaired) electrons. The van der Waals surface area contributed by atoms with Crippen molar-refractivity contribution in [2.75, 3.05) is 13.1 Å². The lowest BCUT2D eigenvalue weighted by Gasteiger charge is -2.34. The van der Waals surface area contributed by atoms with E-state index in [0.29, 0.717) is 12.5 Å². The summed E-state index contributed by atoms with van der Waals surface area (Å²) >= 11 is 0. The first-order valence-electron chi connectivity index (χ1n) is 7.86. The van der Waals surface area contributed by atoms with Crippen LogP contribution < -0.4 is 10.6 Å². The van der Waals surface area contributed by atoms with Crippen molar-refractivity contribution in [3.63, 3.8) is 0 Å². The maximum Gasteiger partial charge on any atom is 0.237 e. The summed E-state index contributed by atoms with van der Waals surface area (Å²) in [5.41, 5.74) is -0.660. The first-order chi connectivity index (χ1) is 9.13. The van der Waals surface area contributed by atoms with Gasteiger partial charge in [0.1, 0.15) is 0 Å². The molecular weight excluding hydrogens is 240 g/mol. The van der Waals surface area contributed by atoms with E-state index in [0.717, 1.165) is 45.1 Å². The molecule has 110 valence electrons. The molecule has 1 amide bonds. The highest BCUT2D eigenvalue weighted by Gasteiger charge is 2.31. The highest BCUT2D eigenvalue weighted by Crippen LogP contribution is 2.27. The molecule has 1 aliphatic carbocycles. The van der Waals surface area contributed by atoms with Crippen molar-refractivity contribution in [1.82, 2.24) is 10.6 Å². The number of amides is 1. The van der Waals surface area contributed by atoms with E-state index in [9.17, 15) is 9.90 Å². The minimum atomic E-state index is -0.660. The molecule has 1 aliphatic heterocycles. The molecule has 2 rings (SSSR count). The van der Waals surface area contributed by atoms with Crippen LogP contribution in [0.15, 0.2) is 0 Å². The Morgan fingerprint density at radius 3 is 2.79 bits per heavy atom. The Hall–Kier alpha value is -0.610. The van der Waals surface area contributed by atoms with Crippen molar-refractivity contribution in [1.29, 1.82) is 0 Å². The van der Waals surface area contributed by atoms with Crippen LogP contribution in [-0.2, 0) is 4.79 Å². The largest absolute Gasteiger partial charge is 0.388 e. The summed E-state index contributed by atoms with van der Waals surface area (Å²) in [5, 5.41) is 16.6. The Morgan fingerprint density at radius 1 is 1.37 bits per heavy atom. The van der Waals surface area contributed by atoms with Gasteiger partial charge in [-0.3, -0.25) is 4.79 Å². The average Bonchev–Trinajstić information content (AvgIpc) is 2.46. The molecule has 4 nitrogen and oxygen atoms in total. The first-order valence-corrected chi connectivity index (χ1v) is 7.86. The van der Waals surface area contributed by atoms with Crippen LogP contribution in [0.5, 0.6) is 0 Å². The summed E-state index contributed by atoms with van der Waals surface area (Å²) in [4.78, 5) is 12.2. The predicted octanol–water partition coefficient (Wildman–Crippen LogP) is 1.58. The SMILES string of the molecule is CCC1CCNC(C(=O)NCC2(O)CCCCC2)C1. The molecule has 0 aromatic carbocycles.